The van der Waals surface area contributed by atoms with Crippen LogP contribution < -0.4 is 14.8 Å². The number of fused-ring (bicyclic) bond motifs is 1. The molecule has 1 unspecified atom stereocenters. The lowest BCUT2D eigenvalue weighted by Gasteiger charge is -2.31. The van der Waals surface area contributed by atoms with Crippen molar-refractivity contribution < 1.29 is 14.3 Å². The van der Waals surface area contributed by atoms with Gasteiger partial charge in [0, 0.05) is 9.35 Å². The van der Waals surface area contributed by atoms with Gasteiger partial charge >= 0.3 is 0 Å². The first-order chi connectivity index (χ1) is 11.8. The summed E-state index contributed by atoms with van der Waals surface area (Å²) < 4.78 is 12.0. The van der Waals surface area contributed by atoms with Crippen molar-refractivity contribution in [3.8, 4) is 11.5 Å². The zero-order valence-electron chi connectivity index (χ0n) is 14.6. The summed E-state index contributed by atoms with van der Waals surface area (Å²) in [5.41, 5.74) is 0.825. The molecule has 25 heavy (non-hydrogen) atoms. The molecule has 134 valence electrons. The molecule has 0 radical (unpaired) electrons. The lowest BCUT2D eigenvalue weighted by molar-refractivity contribution is -0.122. The molecule has 2 heterocycles. The van der Waals surface area contributed by atoms with Crippen molar-refractivity contribution in [2.24, 2.45) is 5.41 Å². The zero-order valence-corrected chi connectivity index (χ0v) is 17.0. The molecular formula is C19H22BrNO3S. The van der Waals surface area contributed by atoms with Gasteiger partial charge in [-0.2, -0.15) is 0 Å². The number of halogens is 1. The number of rotatable bonds is 4. The lowest BCUT2D eigenvalue weighted by Crippen LogP contribution is -2.37. The van der Waals surface area contributed by atoms with Crippen LogP contribution in [0.5, 0.6) is 11.5 Å². The molecule has 4 nitrogen and oxygen atoms in total. The molecule has 0 fully saturated rings. The van der Waals surface area contributed by atoms with Crippen LogP contribution in [0.4, 0.5) is 0 Å². The third-order valence-corrected chi connectivity index (χ3v) is 5.74. The molecule has 6 heteroatoms. The number of hydrogen-bond acceptors (Lipinski definition) is 4. The molecule has 1 aromatic carbocycles. The van der Waals surface area contributed by atoms with Gasteiger partial charge in [-0.05, 0) is 34.6 Å². The average molecular weight is 424 g/mol. The number of carbonyl (C=O) groups excluding carboxylic acids is 1. The monoisotopic (exact) mass is 423 g/mol. The van der Waals surface area contributed by atoms with Crippen molar-refractivity contribution in [3.63, 3.8) is 0 Å². The van der Waals surface area contributed by atoms with Crippen molar-refractivity contribution in [3.05, 3.63) is 44.6 Å². The van der Waals surface area contributed by atoms with Gasteiger partial charge in [0.1, 0.15) is 13.2 Å². The summed E-state index contributed by atoms with van der Waals surface area (Å²) in [5.74, 6) is 1.40. The molecule has 1 amide bonds. The molecule has 1 aliphatic rings. The summed E-state index contributed by atoms with van der Waals surface area (Å²) in [4.78, 5) is 13.9. The van der Waals surface area contributed by atoms with E-state index in [2.05, 4.69) is 48.1 Å². The Kier molecular flexibility index (Phi) is 5.39. The van der Waals surface area contributed by atoms with Gasteiger partial charge in [0.15, 0.2) is 11.5 Å². The number of amides is 1. The van der Waals surface area contributed by atoms with E-state index in [1.54, 1.807) is 11.3 Å². The molecule has 0 bridgehead atoms. The maximum atomic E-state index is 12.7. The summed E-state index contributed by atoms with van der Waals surface area (Å²) in [6.45, 7) is 7.49. The third-order valence-electron chi connectivity index (χ3n) is 4.06. The largest absolute Gasteiger partial charge is 0.486 e. The maximum Gasteiger partial charge on any atom is 0.224 e. The fraction of sp³-hybridized carbons (Fsp3) is 0.421. The van der Waals surface area contributed by atoms with E-state index in [0.29, 0.717) is 24.7 Å². The summed E-state index contributed by atoms with van der Waals surface area (Å²) in [6.07, 6.45) is 0.287. The van der Waals surface area contributed by atoms with Crippen LogP contribution in [0, 0.1) is 5.41 Å². The van der Waals surface area contributed by atoms with Crippen LogP contribution in [0.25, 0.3) is 0 Å². The van der Waals surface area contributed by atoms with Gasteiger partial charge in [0.2, 0.25) is 5.91 Å². The second kappa shape index (κ2) is 7.38. The minimum atomic E-state index is -0.0649. The molecule has 0 spiro atoms. The first-order valence-corrected chi connectivity index (χ1v) is 9.92. The van der Waals surface area contributed by atoms with Crippen LogP contribution in [0.2, 0.25) is 0 Å². The Morgan fingerprint density at radius 1 is 1.28 bits per heavy atom. The molecule has 3 rings (SSSR count). The number of nitrogens with one attached hydrogen (secondary N) is 1. The summed E-state index contributed by atoms with van der Waals surface area (Å²) in [7, 11) is 0. The van der Waals surface area contributed by atoms with E-state index < -0.39 is 0 Å². The van der Waals surface area contributed by atoms with E-state index in [9.17, 15) is 4.79 Å². The number of benzene rings is 1. The molecule has 0 saturated carbocycles. The van der Waals surface area contributed by atoms with E-state index in [0.717, 1.165) is 10.0 Å². The Labute approximate surface area is 160 Å². The number of ether oxygens (including phenoxy) is 2. The highest BCUT2D eigenvalue weighted by Crippen LogP contribution is 2.37. The predicted octanol–water partition coefficient (Wildman–Crippen LogP) is 4.73. The summed E-state index contributed by atoms with van der Waals surface area (Å²) in [5, 5.41) is 5.23. The zero-order chi connectivity index (χ0) is 18.0. The van der Waals surface area contributed by atoms with E-state index in [4.69, 9.17) is 9.47 Å². The second-order valence-corrected chi connectivity index (χ2v) is 8.98. The quantitative estimate of drug-likeness (QED) is 0.772. The summed E-state index contributed by atoms with van der Waals surface area (Å²) in [6, 6.07) is 7.83. The Hall–Kier alpha value is -1.53. The van der Waals surface area contributed by atoms with Crippen molar-refractivity contribution in [2.75, 3.05) is 13.2 Å². The fourth-order valence-corrected chi connectivity index (χ4v) is 4.28. The average Bonchev–Trinajstić information content (AvgIpc) is 3.06. The van der Waals surface area contributed by atoms with Crippen LogP contribution in [-0.2, 0) is 11.2 Å². The highest BCUT2D eigenvalue weighted by molar-refractivity contribution is 9.10. The summed E-state index contributed by atoms with van der Waals surface area (Å²) >= 11 is 5.20. The van der Waals surface area contributed by atoms with Crippen LogP contribution in [0.15, 0.2) is 34.1 Å². The van der Waals surface area contributed by atoms with Gasteiger partial charge in [0.05, 0.1) is 12.5 Å². The standard InChI is InChI=1S/C19H22BrNO3S/c1-19(2,3)18(16-5-4-8-25-16)21-17(22)10-12-9-14-15(11-13(12)20)24-7-6-23-14/h4-5,8-9,11,18H,6-7,10H2,1-3H3,(H,21,22). The SMILES string of the molecule is CC(C)(C)C(NC(=O)Cc1cc2c(cc1Br)OCCO2)c1cccs1. The number of hydrogen-bond donors (Lipinski definition) is 1. The van der Waals surface area contributed by atoms with Crippen LogP contribution in [-0.4, -0.2) is 19.1 Å². The van der Waals surface area contributed by atoms with Gasteiger partial charge in [-0.25, -0.2) is 0 Å². The van der Waals surface area contributed by atoms with E-state index in [1.165, 1.54) is 4.88 Å². The van der Waals surface area contributed by atoms with Gasteiger partial charge in [0.25, 0.3) is 0 Å². The van der Waals surface area contributed by atoms with Gasteiger partial charge in [-0.15, -0.1) is 11.3 Å². The normalized spacial score (nSPS) is 14.9. The third kappa shape index (κ3) is 4.36. The van der Waals surface area contributed by atoms with Crippen LogP contribution in [0.3, 0.4) is 0 Å². The van der Waals surface area contributed by atoms with Crippen LogP contribution in [0.1, 0.15) is 37.3 Å². The number of carbonyl (C=O) groups is 1. The maximum absolute atomic E-state index is 12.7. The molecule has 1 aliphatic heterocycles. The van der Waals surface area contributed by atoms with Crippen molar-refractivity contribution >= 4 is 33.2 Å². The number of thiophene rings is 1. The first kappa shape index (κ1) is 18.3. The Morgan fingerprint density at radius 3 is 2.56 bits per heavy atom. The molecule has 1 N–H and O–H groups in total. The van der Waals surface area contributed by atoms with Gasteiger partial charge in [-0.1, -0.05) is 42.8 Å². The fourth-order valence-electron chi connectivity index (χ4n) is 2.80. The van der Waals surface area contributed by atoms with Gasteiger partial charge < -0.3 is 14.8 Å². The van der Waals surface area contributed by atoms with Crippen LogP contribution >= 0.6 is 27.3 Å². The van der Waals surface area contributed by atoms with E-state index >= 15 is 0 Å². The molecule has 0 aliphatic carbocycles. The van der Waals surface area contributed by atoms with E-state index in [-0.39, 0.29) is 23.8 Å². The van der Waals surface area contributed by atoms with E-state index in [1.807, 2.05) is 23.6 Å². The van der Waals surface area contributed by atoms with Crippen molar-refractivity contribution in [1.29, 1.82) is 0 Å². The Bertz CT molecular complexity index is 753. The lowest BCUT2D eigenvalue weighted by atomic mass is 9.85. The highest BCUT2D eigenvalue weighted by atomic mass is 79.9. The Morgan fingerprint density at radius 2 is 1.96 bits per heavy atom. The predicted molar refractivity (Wildman–Crippen MR) is 103 cm³/mol. The molecule has 1 aromatic heterocycles. The van der Waals surface area contributed by atoms with Gasteiger partial charge in [-0.3, -0.25) is 4.79 Å². The molecule has 0 saturated heterocycles. The molecular weight excluding hydrogens is 402 g/mol. The first-order valence-electron chi connectivity index (χ1n) is 8.25. The minimum Gasteiger partial charge on any atom is -0.486 e. The Balaban J connectivity index is 1.75. The topological polar surface area (TPSA) is 47.6 Å². The minimum absolute atomic E-state index is 0.00861. The smallest absolute Gasteiger partial charge is 0.224 e. The highest BCUT2D eigenvalue weighted by Gasteiger charge is 2.29. The van der Waals surface area contributed by atoms with Crippen molar-refractivity contribution in [2.45, 2.75) is 33.2 Å². The molecule has 1 atom stereocenters. The molecule has 2 aromatic rings. The second-order valence-electron chi connectivity index (χ2n) is 7.15. The van der Waals surface area contributed by atoms with Crippen molar-refractivity contribution in [1.82, 2.24) is 5.32 Å².